The van der Waals surface area contributed by atoms with E-state index < -0.39 is 0 Å². The van der Waals surface area contributed by atoms with Gasteiger partial charge in [-0.25, -0.2) is 0 Å². The number of nitrogens with one attached hydrogen (secondary N) is 1. The summed E-state index contributed by atoms with van der Waals surface area (Å²) in [6, 6.07) is 13.9. The summed E-state index contributed by atoms with van der Waals surface area (Å²) in [5, 5.41) is 12.2. The molecule has 0 aliphatic heterocycles. The molecule has 0 atom stereocenters. The first-order valence-corrected chi connectivity index (χ1v) is 8.61. The average Bonchev–Trinajstić information content (AvgIpc) is 3.22. The van der Waals surface area contributed by atoms with Crippen molar-refractivity contribution in [1.82, 2.24) is 20.1 Å². The first-order chi connectivity index (χ1) is 11.7. The summed E-state index contributed by atoms with van der Waals surface area (Å²) in [6.07, 6.45) is 1.63. The number of hydrogen-bond donors (Lipinski definition) is 1. The molecule has 2 aromatic heterocycles. The van der Waals surface area contributed by atoms with Crippen molar-refractivity contribution >= 4 is 17.7 Å². The van der Waals surface area contributed by atoms with Gasteiger partial charge in [-0.05, 0) is 17.7 Å². The number of carbonyl (C=O) groups is 1. The van der Waals surface area contributed by atoms with Crippen molar-refractivity contribution in [3.8, 4) is 11.6 Å². The van der Waals surface area contributed by atoms with E-state index in [-0.39, 0.29) is 5.91 Å². The van der Waals surface area contributed by atoms with Crippen molar-refractivity contribution in [3.63, 3.8) is 0 Å². The van der Waals surface area contributed by atoms with Crippen molar-refractivity contribution in [2.45, 2.75) is 18.6 Å². The van der Waals surface area contributed by atoms with Crippen LogP contribution in [-0.2, 0) is 11.3 Å². The van der Waals surface area contributed by atoms with Crippen LogP contribution in [0.15, 0.2) is 58.3 Å². The maximum Gasteiger partial charge on any atom is 0.216 e. The molecule has 1 aromatic carbocycles. The van der Waals surface area contributed by atoms with Gasteiger partial charge in [-0.15, -0.1) is 10.2 Å². The number of hydrogen-bond acceptors (Lipinski definition) is 5. The van der Waals surface area contributed by atoms with Gasteiger partial charge in [0.1, 0.15) is 0 Å². The molecule has 7 heteroatoms. The lowest BCUT2D eigenvalue weighted by Crippen LogP contribution is -2.22. The van der Waals surface area contributed by atoms with Crippen molar-refractivity contribution in [3.05, 3.63) is 54.3 Å². The highest BCUT2D eigenvalue weighted by molar-refractivity contribution is 7.99. The summed E-state index contributed by atoms with van der Waals surface area (Å²) >= 11 is 1.56. The van der Waals surface area contributed by atoms with E-state index in [2.05, 4.69) is 27.6 Å². The fourth-order valence-electron chi connectivity index (χ4n) is 2.26. The largest absolute Gasteiger partial charge is 0.461 e. The maximum atomic E-state index is 11.0. The Kier molecular flexibility index (Phi) is 5.32. The Hall–Kier alpha value is -2.54. The molecule has 6 nitrogen and oxygen atoms in total. The zero-order valence-electron chi connectivity index (χ0n) is 13.3. The van der Waals surface area contributed by atoms with E-state index in [1.165, 1.54) is 6.92 Å². The number of nitrogens with zero attached hydrogens (tertiary/aromatic N) is 3. The second-order valence-electron chi connectivity index (χ2n) is 5.19. The van der Waals surface area contributed by atoms with E-state index in [1.807, 2.05) is 34.9 Å². The van der Waals surface area contributed by atoms with Gasteiger partial charge >= 0.3 is 0 Å². The van der Waals surface area contributed by atoms with Crippen molar-refractivity contribution in [2.75, 3.05) is 12.3 Å². The van der Waals surface area contributed by atoms with Gasteiger partial charge in [0.2, 0.25) is 11.7 Å². The van der Waals surface area contributed by atoms with E-state index in [1.54, 1.807) is 18.0 Å². The Morgan fingerprint density at radius 3 is 2.75 bits per heavy atom. The lowest BCUT2D eigenvalue weighted by Gasteiger charge is -2.09. The standard InChI is InChI=1S/C17H18N4O2S/c1-13(22)18-9-11-24-17-20-19-16(15-8-5-10-23-15)21(17)12-14-6-3-2-4-7-14/h2-8,10H,9,11-12H2,1H3,(H,18,22). The minimum absolute atomic E-state index is 0.0300. The number of thioether (sulfide) groups is 1. The second kappa shape index (κ2) is 7.83. The third-order valence-corrected chi connectivity index (χ3v) is 4.32. The highest BCUT2D eigenvalue weighted by Crippen LogP contribution is 2.25. The van der Waals surface area contributed by atoms with E-state index >= 15 is 0 Å². The van der Waals surface area contributed by atoms with Gasteiger partial charge in [-0.2, -0.15) is 0 Å². The molecule has 124 valence electrons. The van der Waals surface area contributed by atoms with Crippen LogP contribution in [0.5, 0.6) is 0 Å². The number of furan rings is 1. The molecule has 0 fully saturated rings. The van der Waals surface area contributed by atoms with Gasteiger partial charge in [-0.3, -0.25) is 9.36 Å². The fourth-order valence-corrected chi connectivity index (χ4v) is 3.05. The van der Waals surface area contributed by atoms with Gasteiger partial charge in [0, 0.05) is 19.2 Å². The van der Waals surface area contributed by atoms with Crippen LogP contribution in [0.2, 0.25) is 0 Å². The van der Waals surface area contributed by atoms with Gasteiger partial charge in [-0.1, -0.05) is 42.1 Å². The zero-order chi connectivity index (χ0) is 16.8. The van der Waals surface area contributed by atoms with Crippen molar-refractivity contribution < 1.29 is 9.21 Å². The van der Waals surface area contributed by atoms with Crippen LogP contribution < -0.4 is 5.32 Å². The molecule has 1 N–H and O–H groups in total. The quantitative estimate of drug-likeness (QED) is 0.528. The molecule has 0 saturated heterocycles. The van der Waals surface area contributed by atoms with Crippen molar-refractivity contribution in [2.24, 2.45) is 0 Å². The Morgan fingerprint density at radius 2 is 2.04 bits per heavy atom. The summed E-state index contributed by atoms with van der Waals surface area (Å²) in [5.41, 5.74) is 1.16. The molecule has 0 bridgehead atoms. The minimum atomic E-state index is -0.0300. The third kappa shape index (κ3) is 4.05. The fraction of sp³-hybridized carbons (Fsp3) is 0.235. The Morgan fingerprint density at radius 1 is 1.21 bits per heavy atom. The van der Waals surface area contributed by atoms with Crippen LogP contribution in [0.1, 0.15) is 12.5 Å². The van der Waals surface area contributed by atoms with Crippen LogP contribution in [-0.4, -0.2) is 33.0 Å². The number of benzene rings is 1. The average molecular weight is 342 g/mol. The SMILES string of the molecule is CC(=O)NCCSc1nnc(-c2ccco2)n1Cc1ccccc1. The smallest absolute Gasteiger partial charge is 0.216 e. The van der Waals surface area contributed by atoms with E-state index in [9.17, 15) is 4.79 Å². The topological polar surface area (TPSA) is 73.0 Å². The van der Waals surface area contributed by atoms with E-state index in [4.69, 9.17) is 4.42 Å². The van der Waals surface area contributed by atoms with Gasteiger partial charge in [0.15, 0.2) is 10.9 Å². The van der Waals surface area contributed by atoms with Crippen LogP contribution >= 0.6 is 11.8 Å². The molecule has 0 aliphatic carbocycles. The molecule has 0 radical (unpaired) electrons. The van der Waals surface area contributed by atoms with Gasteiger partial charge in [0.25, 0.3) is 0 Å². The molecule has 24 heavy (non-hydrogen) atoms. The van der Waals surface area contributed by atoms with Crippen LogP contribution in [0, 0.1) is 0 Å². The molecule has 0 spiro atoms. The normalized spacial score (nSPS) is 10.7. The predicted molar refractivity (Wildman–Crippen MR) is 92.7 cm³/mol. The van der Waals surface area contributed by atoms with Gasteiger partial charge in [0.05, 0.1) is 12.8 Å². The molecule has 0 saturated carbocycles. The molecular formula is C17H18N4O2S. The van der Waals surface area contributed by atoms with Crippen LogP contribution in [0.3, 0.4) is 0 Å². The van der Waals surface area contributed by atoms with Gasteiger partial charge < -0.3 is 9.73 Å². The van der Waals surface area contributed by atoms with Crippen LogP contribution in [0.4, 0.5) is 0 Å². The zero-order valence-corrected chi connectivity index (χ0v) is 14.1. The summed E-state index contributed by atoms with van der Waals surface area (Å²) in [5.74, 6) is 2.08. The number of carbonyl (C=O) groups excluding carboxylic acids is 1. The predicted octanol–water partition coefficient (Wildman–Crippen LogP) is 2.81. The number of rotatable bonds is 7. The number of aromatic nitrogens is 3. The monoisotopic (exact) mass is 342 g/mol. The second-order valence-corrected chi connectivity index (χ2v) is 6.25. The highest BCUT2D eigenvalue weighted by Gasteiger charge is 2.16. The molecule has 2 heterocycles. The molecule has 3 aromatic rings. The Bertz CT molecular complexity index is 784. The molecule has 0 aliphatic rings. The maximum absolute atomic E-state index is 11.0. The minimum Gasteiger partial charge on any atom is -0.461 e. The van der Waals surface area contributed by atoms with Crippen molar-refractivity contribution in [1.29, 1.82) is 0 Å². The first-order valence-electron chi connectivity index (χ1n) is 7.62. The summed E-state index contributed by atoms with van der Waals surface area (Å²) < 4.78 is 7.51. The third-order valence-electron chi connectivity index (χ3n) is 3.35. The highest BCUT2D eigenvalue weighted by atomic mass is 32.2. The lowest BCUT2D eigenvalue weighted by molar-refractivity contribution is -0.118. The summed E-state index contributed by atoms with van der Waals surface area (Å²) in [4.78, 5) is 11.0. The summed E-state index contributed by atoms with van der Waals surface area (Å²) in [6.45, 7) is 2.76. The Balaban J connectivity index is 1.81. The number of amides is 1. The summed E-state index contributed by atoms with van der Waals surface area (Å²) in [7, 11) is 0. The van der Waals surface area contributed by atoms with Crippen LogP contribution in [0.25, 0.3) is 11.6 Å². The first kappa shape index (κ1) is 16.3. The molecular weight excluding hydrogens is 324 g/mol. The molecule has 1 amide bonds. The van der Waals surface area contributed by atoms with E-state index in [0.29, 0.717) is 24.7 Å². The lowest BCUT2D eigenvalue weighted by atomic mass is 10.2. The molecule has 3 rings (SSSR count). The van der Waals surface area contributed by atoms with E-state index in [0.717, 1.165) is 16.5 Å². The molecule has 0 unspecified atom stereocenters. The Labute approximate surface area is 144 Å².